The maximum absolute atomic E-state index is 4.27. The Balaban J connectivity index is 2.44. The molecule has 2 heteroatoms. The predicted octanol–water partition coefficient (Wildman–Crippen LogP) is 3.14. The Labute approximate surface area is 93.3 Å². The summed E-state index contributed by atoms with van der Waals surface area (Å²) in [5.74, 6) is 3.02. The molecule has 0 saturated carbocycles. The number of nitrogens with zero attached hydrogens (tertiary/aromatic N) is 1. The van der Waals surface area contributed by atoms with Gasteiger partial charge in [-0.05, 0) is 5.56 Å². The van der Waals surface area contributed by atoms with Gasteiger partial charge in [0, 0.05) is 0 Å². The molecule has 1 aromatic rings. The molecule has 0 amide bonds. The van der Waals surface area contributed by atoms with E-state index in [9.17, 15) is 0 Å². The standard InChI is InChI=1S/C13H17NSi/c1-15(2,3)11-7-10-14-12-13-8-5-4-6-9-13/h4-6,8-10H,12H2,1-3H3. The largest absolute Gasteiger partial charge is 0.279 e. The minimum atomic E-state index is -1.24. The first-order valence-corrected chi connectivity index (χ1v) is 8.63. The van der Waals surface area contributed by atoms with Crippen molar-refractivity contribution in [3.63, 3.8) is 0 Å². The Morgan fingerprint density at radius 2 is 1.87 bits per heavy atom. The van der Waals surface area contributed by atoms with Gasteiger partial charge in [-0.2, -0.15) is 0 Å². The molecule has 0 bridgehead atoms. The van der Waals surface area contributed by atoms with Crippen LogP contribution in [-0.2, 0) is 6.54 Å². The van der Waals surface area contributed by atoms with Crippen LogP contribution in [0, 0.1) is 11.5 Å². The van der Waals surface area contributed by atoms with Gasteiger partial charge in [-0.1, -0.05) is 55.9 Å². The molecule has 1 rings (SSSR count). The maximum Gasteiger partial charge on any atom is 0.129 e. The minimum absolute atomic E-state index is 0.723. The third-order valence-electron chi connectivity index (χ3n) is 1.72. The second-order valence-corrected chi connectivity index (χ2v) is 9.22. The van der Waals surface area contributed by atoms with E-state index in [0.717, 1.165) is 6.54 Å². The summed E-state index contributed by atoms with van der Waals surface area (Å²) in [6.07, 6.45) is 1.73. The van der Waals surface area contributed by atoms with E-state index in [1.165, 1.54) is 5.56 Å². The molecular formula is C13H17NSi. The molecule has 0 radical (unpaired) electrons. The fraction of sp³-hybridized carbons (Fsp3) is 0.308. The summed E-state index contributed by atoms with van der Waals surface area (Å²) in [7, 11) is -1.24. The SMILES string of the molecule is C[Si](C)(C)C#CC=NCc1ccccc1. The summed E-state index contributed by atoms with van der Waals surface area (Å²) >= 11 is 0. The molecule has 0 aromatic heterocycles. The molecule has 15 heavy (non-hydrogen) atoms. The van der Waals surface area contributed by atoms with Crippen LogP contribution in [-0.4, -0.2) is 14.3 Å². The smallest absolute Gasteiger partial charge is 0.129 e. The molecule has 0 aliphatic carbocycles. The Kier molecular flexibility index (Phi) is 4.32. The fourth-order valence-corrected chi connectivity index (χ4v) is 1.53. The third kappa shape index (κ3) is 5.87. The van der Waals surface area contributed by atoms with E-state index in [-0.39, 0.29) is 0 Å². The lowest BCUT2D eigenvalue weighted by Crippen LogP contribution is -2.16. The summed E-state index contributed by atoms with van der Waals surface area (Å²) in [5, 5.41) is 0. The maximum atomic E-state index is 4.27. The van der Waals surface area contributed by atoms with Crippen molar-refractivity contribution in [2.24, 2.45) is 4.99 Å². The Morgan fingerprint density at radius 1 is 1.20 bits per heavy atom. The first-order chi connectivity index (χ1) is 7.08. The van der Waals surface area contributed by atoms with Gasteiger partial charge >= 0.3 is 0 Å². The van der Waals surface area contributed by atoms with E-state index in [1.807, 2.05) is 18.2 Å². The summed E-state index contributed by atoms with van der Waals surface area (Å²) < 4.78 is 0. The lowest BCUT2D eigenvalue weighted by Gasteiger charge is -2.01. The van der Waals surface area contributed by atoms with Crippen molar-refractivity contribution in [2.75, 3.05) is 0 Å². The quantitative estimate of drug-likeness (QED) is 0.408. The van der Waals surface area contributed by atoms with Crippen LogP contribution in [0.1, 0.15) is 5.56 Å². The van der Waals surface area contributed by atoms with Crippen LogP contribution in [0.25, 0.3) is 0 Å². The molecule has 78 valence electrons. The van der Waals surface area contributed by atoms with Crippen molar-refractivity contribution < 1.29 is 0 Å². The molecule has 1 nitrogen and oxygen atoms in total. The lowest BCUT2D eigenvalue weighted by atomic mass is 10.2. The molecule has 0 aliphatic heterocycles. The molecule has 0 spiro atoms. The summed E-state index contributed by atoms with van der Waals surface area (Å²) in [4.78, 5) is 4.27. The minimum Gasteiger partial charge on any atom is -0.279 e. The first kappa shape index (κ1) is 11.7. The summed E-state index contributed by atoms with van der Waals surface area (Å²) in [6, 6.07) is 10.2. The van der Waals surface area contributed by atoms with Gasteiger partial charge in [0.25, 0.3) is 0 Å². The van der Waals surface area contributed by atoms with Crippen molar-refractivity contribution in [3.8, 4) is 11.5 Å². The van der Waals surface area contributed by atoms with Crippen LogP contribution in [0.5, 0.6) is 0 Å². The number of benzene rings is 1. The number of rotatable bonds is 2. The zero-order chi connectivity index (χ0) is 11.1. The summed E-state index contributed by atoms with van der Waals surface area (Å²) in [6.45, 7) is 7.41. The Hall–Kier alpha value is -1.33. The van der Waals surface area contributed by atoms with Gasteiger partial charge in [-0.15, -0.1) is 5.54 Å². The van der Waals surface area contributed by atoms with Gasteiger partial charge in [-0.3, -0.25) is 4.99 Å². The van der Waals surface area contributed by atoms with Gasteiger partial charge in [0.05, 0.1) is 12.8 Å². The van der Waals surface area contributed by atoms with Crippen molar-refractivity contribution in [1.29, 1.82) is 0 Å². The van der Waals surface area contributed by atoms with Crippen LogP contribution in [0.4, 0.5) is 0 Å². The van der Waals surface area contributed by atoms with E-state index in [2.05, 4.69) is 48.2 Å². The molecule has 0 fully saturated rings. The van der Waals surface area contributed by atoms with Gasteiger partial charge in [-0.25, -0.2) is 0 Å². The Bertz CT molecular complexity index is 376. The van der Waals surface area contributed by atoms with Crippen molar-refractivity contribution in [2.45, 2.75) is 26.2 Å². The highest BCUT2D eigenvalue weighted by Crippen LogP contribution is 1.99. The molecular weight excluding hydrogens is 198 g/mol. The highest BCUT2D eigenvalue weighted by Gasteiger charge is 2.06. The van der Waals surface area contributed by atoms with E-state index in [1.54, 1.807) is 6.21 Å². The van der Waals surface area contributed by atoms with E-state index in [4.69, 9.17) is 0 Å². The normalized spacial score (nSPS) is 11.1. The first-order valence-electron chi connectivity index (χ1n) is 5.13. The second kappa shape index (κ2) is 5.52. The van der Waals surface area contributed by atoms with Gasteiger partial charge in [0.2, 0.25) is 0 Å². The highest BCUT2D eigenvalue weighted by atomic mass is 28.3. The number of hydrogen-bond acceptors (Lipinski definition) is 1. The van der Waals surface area contributed by atoms with Crippen LogP contribution < -0.4 is 0 Å². The average molecular weight is 215 g/mol. The van der Waals surface area contributed by atoms with E-state index in [0.29, 0.717) is 0 Å². The van der Waals surface area contributed by atoms with Gasteiger partial charge < -0.3 is 0 Å². The second-order valence-electron chi connectivity index (χ2n) is 4.47. The van der Waals surface area contributed by atoms with Crippen molar-refractivity contribution >= 4 is 14.3 Å². The van der Waals surface area contributed by atoms with Crippen LogP contribution in [0.2, 0.25) is 19.6 Å². The fourth-order valence-electron chi connectivity index (χ4n) is 1.03. The molecule has 0 N–H and O–H groups in total. The zero-order valence-electron chi connectivity index (χ0n) is 9.62. The topological polar surface area (TPSA) is 12.4 Å². The van der Waals surface area contributed by atoms with Crippen molar-refractivity contribution in [3.05, 3.63) is 35.9 Å². The third-order valence-corrected chi connectivity index (χ3v) is 2.61. The zero-order valence-corrected chi connectivity index (χ0v) is 10.6. The molecule has 0 unspecified atom stereocenters. The van der Waals surface area contributed by atoms with Crippen LogP contribution in [0.15, 0.2) is 35.3 Å². The lowest BCUT2D eigenvalue weighted by molar-refractivity contribution is 1.08. The molecule has 0 heterocycles. The number of aliphatic imine (C=N–C) groups is 1. The number of hydrogen-bond donors (Lipinski definition) is 0. The van der Waals surface area contributed by atoms with E-state index < -0.39 is 8.07 Å². The molecule has 0 aliphatic rings. The van der Waals surface area contributed by atoms with Gasteiger partial charge in [0.1, 0.15) is 8.07 Å². The summed E-state index contributed by atoms with van der Waals surface area (Å²) in [5.41, 5.74) is 4.47. The molecule has 0 saturated heterocycles. The molecule has 0 atom stereocenters. The van der Waals surface area contributed by atoms with Crippen LogP contribution >= 0.6 is 0 Å². The van der Waals surface area contributed by atoms with Crippen molar-refractivity contribution in [1.82, 2.24) is 0 Å². The predicted molar refractivity (Wildman–Crippen MR) is 69.8 cm³/mol. The van der Waals surface area contributed by atoms with Gasteiger partial charge in [0.15, 0.2) is 0 Å². The molecule has 1 aromatic carbocycles. The van der Waals surface area contributed by atoms with Crippen LogP contribution in [0.3, 0.4) is 0 Å². The van der Waals surface area contributed by atoms with E-state index >= 15 is 0 Å². The average Bonchev–Trinajstić information content (AvgIpc) is 2.17. The monoisotopic (exact) mass is 215 g/mol. The Morgan fingerprint density at radius 3 is 2.47 bits per heavy atom. The highest BCUT2D eigenvalue weighted by molar-refractivity contribution is 6.84.